The van der Waals surface area contributed by atoms with E-state index >= 15 is 0 Å². The molecule has 4 nitrogen and oxygen atoms in total. The molecule has 2 fully saturated rings. The molecule has 2 atom stereocenters. The molecule has 2 aliphatic rings. The lowest BCUT2D eigenvalue weighted by atomic mass is 9.63. The average molecular weight is 505 g/mol. The Balaban J connectivity index is 1.54. The third-order valence-electron chi connectivity index (χ3n) is 7.51. The first-order valence-electron chi connectivity index (χ1n) is 13.7. The molecule has 0 radical (unpaired) electrons. The van der Waals surface area contributed by atoms with Crippen LogP contribution in [-0.2, 0) is 14.3 Å². The lowest BCUT2D eigenvalue weighted by Gasteiger charge is -2.43. The SMILES string of the molecule is CC(C)(C)OC(=O)COC/C=C1\CCCC[C@@]1(C)/C=C/C=C/[C@H](O)C1(CC#Cc2ccccc2)CCC1. The van der Waals surface area contributed by atoms with Gasteiger partial charge in [-0.25, -0.2) is 4.79 Å². The molecule has 0 heterocycles. The molecule has 0 aliphatic heterocycles. The van der Waals surface area contributed by atoms with Gasteiger partial charge in [-0.2, -0.15) is 0 Å². The summed E-state index contributed by atoms with van der Waals surface area (Å²) in [6, 6.07) is 10.0. The zero-order valence-corrected chi connectivity index (χ0v) is 23.1. The summed E-state index contributed by atoms with van der Waals surface area (Å²) in [6.45, 7) is 8.19. The van der Waals surface area contributed by atoms with Crippen LogP contribution in [0.3, 0.4) is 0 Å². The number of carbonyl (C=O) groups excluding carboxylic acids is 1. The van der Waals surface area contributed by atoms with E-state index in [1.165, 1.54) is 18.4 Å². The highest BCUT2D eigenvalue weighted by Gasteiger charge is 2.41. The predicted octanol–water partition coefficient (Wildman–Crippen LogP) is 6.94. The summed E-state index contributed by atoms with van der Waals surface area (Å²) in [6.07, 6.45) is 18.2. The standard InChI is InChI=1S/C33H44O4/c1-31(2,3)37-30(35)26-36-25-19-28-17-8-10-20-32(28,4)21-11-9-18-29(34)33(23-13-24-33)22-12-16-27-14-6-5-7-15-27/h5-7,9,11,14-15,18-19,21,29,34H,8,10,13,17,20,22-26H2,1-4H3/b18-9+,21-11+,28-19+/t29-,32-/m0/s1. The largest absolute Gasteiger partial charge is 0.458 e. The topological polar surface area (TPSA) is 55.8 Å². The Morgan fingerprint density at radius 2 is 1.86 bits per heavy atom. The van der Waals surface area contributed by atoms with E-state index in [9.17, 15) is 9.90 Å². The number of benzene rings is 1. The second kappa shape index (κ2) is 13.3. The third-order valence-corrected chi connectivity index (χ3v) is 7.51. The van der Waals surface area contributed by atoms with Crippen LogP contribution in [-0.4, -0.2) is 36.0 Å². The summed E-state index contributed by atoms with van der Waals surface area (Å²) in [5.74, 6) is 6.21. The van der Waals surface area contributed by atoms with Crippen LogP contribution < -0.4 is 0 Å². The zero-order chi connectivity index (χ0) is 26.8. The first-order valence-corrected chi connectivity index (χ1v) is 13.7. The predicted molar refractivity (Wildman–Crippen MR) is 150 cm³/mol. The van der Waals surface area contributed by atoms with E-state index in [0.29, 0.717) is 13.0 Å². The van der Waals surface area contributed by atoms with E-state index in [2.05, 4.69) is 37.0 Å². The average Bonchev–Trinajstić information content (AvgIpc) is 2.82. The van der Waals surface area contributed by atoms with Crippen molar-refractivity contribution >= 4 is 5.97 Å². The molecule has 4 heteroatoms. The van der Waals surface area contributed by atoms with Crippen LogP contribution in [0.4, 0.5) is 0 Å². The molecule has 1 N–H and O–H groups in total. The van der Waals surface area contributed by atoms with Crippen molar-refractivity contribution in [1.82, 2.24) is 0 Å². The fraction of sp³-hybridized carbons (Fsp3) is 0.545. The summed E-state index contributed by atoms with van der Waals surface area (Å²) in [7, 11) is 0. The second-order valence-electron chi connectivity index (χ2n) is 11.7. The summed E-state index contributed by atoms with van der Waals surface area (Å²) in [5.41, 5.74) is 1.69. The molecule has 1 aromatic carbocycles. The van der Waals surface area contributed by atoms with E-state index in [1.807, 2.05) is 63.3 Å². The molecular formula is C33H44O4. The Bertz CT molecular complexity index is 1030. The number of carbonyl (C=O) groups is 1. The monoisotopic (exact) mass is 504 g/mol. The molecule has 200 valence electrons. The number of esters is 1. The molecule has 2 aliphatic carbocycles. The fourth-order valence-corrected chi connectivity index (χ4v) is 5.15. The minimum Gasteiger partial charge on any atom is -0.458 e. The molecule has 0 saturated heterocycles. The number of hydrogen-bond donors (Lipinski definition) is 1. The normalized spacial score (nSPS) is 23.4. The molecule has 0 bridgehead atoms. The third kappa shape index (κ3) is 9.02. The molecule has 1 aromatic rings. The molecule has 0 unspecified atom stereocenters. The molecule has 37 heavy (non-hydrogen) atoms. The summed E-state index contributed by atoms with van der Waals surface area (Å²) < 4.78 is 10.9. The van der Waals surface area contributed by atoms with Crippen LogP contribution in [0.25, 0.3) is 0 Å². The number of hydrogen-bond acceptors (Lipinski definition) is 4. The van der Waals surface area contributed by atoms with Crippen molar-refractivity contribution in [2.45, 2.75) is 90.8 Å². The second-order valence-corrected chi connectivity index (χ2v) is 11.7. The van der Waals surface area contributed by atoms with Gasteiger partial charge in [0.05, 0.1) is 12.7 Å². The number of rotatable bonds is 9. The lowest BCUT2D eigenvalue weighted by molar-refractivity contribution is -0.159. The quantitative estimate of drug-likeness (QED) is 0.130. The number of ether oxygens (including phenoxy) is 2. The van der Waals surface area contributed by atoms with E-state index in [1.54, 1.807) is 0 Å². The van der Waals surface area contributed by atoms with Gasteiger partial charge in [0, 0.05) is 22.8 Å². The van der Waals surface area contributed by atoms with Gasteiger partial charge in [-0.05, 0) is 65.0 Å². The number of aliphatic hydroxyl groups is 1. The highest BCUT2D eigenvalue weighted by atomic mass is 16.6. The highest BCUT2D eigenvalue weighted by molar-refractivity contribution is 5.71. The van der Waals surface area contributed by atoms with Crippen LogP contribution in [0, 0.1) is 22.7 Å². The maximum Gasteiger partial charge on any atom is 0.332 e. The smallest absolute Gasteiger partial charge is 0.332 e. The van der Waals surface area contributed by atoms with Crippen molar-refractivity contribution in [3.8, 4) is 11.8 Å². The maximum atomic E-state index is 11.9. The lowest BCUT2D eigenvalue weighted by Crippen LogP contribution is -2.40. The minimum atomic E-state index is -0.499. The van der Waals surface area contributed by atoms with E-state index in [0.717, 1.165) is 37.7 Å². The van der Waals surface area contributed by atoms with Crippen LogP contribution >= 0.6 is 0 Å². The summed E-state index contributed by atoms with van der Waals surface area (Å²) in [4.78, 5) is 11.9. The van der Waals surface area contributed by atoms with Gasteiger partial charge in [0.15, 0.2) is 0 Å². The summed E-state index contributed by atoms with van der Waals surface area (Å²) in [5, 5.41) is 11.0. The highest BCUT2D eigenvalue weighted by Crippen LogP contribution is 2.47. The van der Waals surface area contributed by atoms with Crippen molar-refractivity contribution in [3.63, 3.8) is 0 Å². The van der Waals surface area contributed by atoms with Crippen LogP contribution in [0.15, 0.2) is 66.3 Å². The Hall–Kier alpha value is -2.61. The van der Waals surface area contributed by atoms with Crippen LogP contribution in [0.2, 0.25) is 0 Å². The van der Waals surface area contributed by atoms with Gasteiger partial charge < -0.3 is 14.6 Å². The number of allylic oxidation sites excluding steroid dienone is 4. The van der Waals surface area contributed by atoms with Crippen LogP contribution in [0.5, 0.6) is 0 Å². The van der Waals surface area contributed by atoms with E-state index in [-0.39, 0.29) is 23.4 Å². The van der Waals surface area contributed by atoms with Crippen molar-refractivity contribution in [1.29, 1.82) is 0 Å². The van der Waals surface area contributed by atoms with Crippen molar-refractivity contribution in [2.24, 2.45) is 10.8 Å². The first-order chi connectivity index (χ1) is 17.6. The molecule has 3 rings (SSSR count). The van der Waals surface area contributed by atoms with Gasteiger partial charge in [-0.1, -0.05) is 85.8 Å². The van der Waals surface area contributed by atoms with Gasteiger partial charge in [-0.3, -0.25) is 0 Å². The molecule has 0 spiro atoms. The minimum absolute atomic E-state index is 0.0360. The van der Waals surface area contributed by atoms with E-state index < -0.39 is 11.7 Å². The van der Waals surface area contributed by atoms with Gasteiger partial charge in [-0.15, -0.1) is 0 Å². The van der Waals surface area contributed by atoms with Crippen molar-refractivity contribution in [2.75, 3.05) is 13.2 Å². The molecule has 0 aromatic heterocycles. The van der Waals surface area contributed by atoms with Gasteiger partial charge >= 0.3 is 5.97 Å². The Kier molecular flexibility index (Phi) is 10.4. The maximum absolute atomic E-state index is 11.9. The van der Waals surface area contributed by atoms with Gasteiger partial charge in [0.1, 0.15) is 12.2 Å². The Labute approximate surface area is 223 Å². The van der Waals surface area contributed by atoms with Crippen molar-refractivity contribution < 1.29 is 19.4 Å². The fourth-order valence-electron chi connectivity index (χ4n) is 5.15. The molecule has 0 amide bonds. The van der Waals surface area contributed by atoms with E-state index in [4.69, 9.17) is 9.47 Å². The van der Waals surface area contributed by atoms with Crippen LogP contribution in [0.1, 0.15) is 84.6 Å². The first kappa shape index (κ1) is 29.0. The summed E-state index contributed by atoms with van der Waals surface area (Å²) >= 11 is 0. The molecule has 2 saturated carbocycles. The Morgan fingerprint density at radius 3 is 2.54 bits per heavy atom. The Morgan fingerprint density at radius 1 is 1.11 bits per heavy atom. The van der Waals surface area contributed by atoms with Crippen molar-refractivity contribution in [3.05, 3.63) is 71.8 Å². The van der Waals surface area contributed by atoms with Gasteiger partial charge in [0.25, 0.3) is 0 Å². The molecular weight excluding hydrogens is 460 g/mol. The number of aliphatic hydroxyl groups excluding tert-OH is 1. The zero-order valence-electron chi connectivity index (χ0n) is 23.1. The van der Waals surface area contributed by atoms with Gasteiger partial charge in [0.2, 0.25) is 0 Å².